The fourth-order valence-electron chi connectivity index (χ4n) is 3.48. The molecule has 0 bridgehead atoms. The van der Waals surface area contributed by atoms with Crippen LogP contribution in [0, 0.1) is 13.8 Å². The minimum Gasteiger partial charge on any atom is -0.311 e. The SMILES string of the molecule is Cc1cc(=O)n(CCN2CCC[C@@H]2c2ccccc2C)c(=O)[nH]1. The molecule has 1 aromatic heterocycles. The molecule has 0 radical (unpaired) electrons. The molecule has 0 spiro atoms. The molecule has 5 nitrogen and oxygen atoms in total. The van der Waals surface area contributed by atoms with E-state index in [1.54, 1.807) is 6.92 Å². The van der Waals surface area contributed by atoms with Crippen LogP contribution in [0.2, 0.25) is 0 Å². The van der Waals surface area contributed by atoms with Crippen LogP contribution in [0.25, 0.3) is 0 Å². The molecule has 3 rings (SSSR count). The van der Waals surface area contributed by atoms with Gasteiger partial charge in [-0.05, 0) is 44.4 Å². The normalized spacial score (nSPS) is 18.4. The number of nitrogens with zero attached hydrogens (tertiary/aromatic N) is 2. The van der Waals surface area contributed by atoms with Crippen molar-refractivity contribution in [2.45, 2.75) is 39.3 Å². The Bertz CT molecular complexity index is 775. The van der Waals surface area contributed by atoms with Crippen molar-refractivity contribution >= 4 is 0 Å². The maximum atomic E-state index is 12.0. The van der Waals surface area contributed by atoms with E-state index in [4.69, 9.17) is 0 Å². The number of H-pyrrole nitrogens is 1. The smallest absolute Gasteiger partial charge is 0.311 e. The molecule has 1 saturated heterocycles. The molecule has 1 N–H and O–H groups in total. The van der Waals surface area contributed by atoms with Gasteiger partial charge in [0.15, 0.2) is 0 Å². The molecule has 0 unspecified atom stereocenters. The van der Waals surface area contributed by atoms with Crippen LogP contribution in [0.5, 0.6) is 0 Å². The quantitative estimate of drug-likeness (QED) is 0.939. The molecule has 2 heterocycles. The topological polar surface area (TPSA) is 58.1 Å². The lowest BCUT2D eigenvalue weighted by molar-refractivity contribution is 0.243. The van der Waals surface area contributed by atoms with Crippen molar-refractivity contribution in [3.05, 3.63) is 68.0 Å². The zero-order valence-corrected chi connectivity index (χ0v) is 13.7. The summed E-state index contributed by atoms with van der Waals surface area (Å²) < 4.78 is 1.29. The molecular formula is C18H23N3O2. The number of aryl methyl sites for hydroxylation is 2. The first-order valence-corrected chi connectivity index (χ1v) is 8.16. The van der Waals surface area contributed by atoms with Gasteiger partial charge in [0.05, 0.1) is 0 Å². The van der Waals surface area contributed by atoms with Crippen molar-refractivity contribution in [1.82, 2.24) is 14.5 Å². The van der Waals surface area contributed by atoms with Crippen LogP contribution in [0.3, 0.4) is 0 Å². The van der Waals surface area contributed by atoms with Crippen LogP contribution in [-0.2, 0) is 6.54 Å². The summed E-state index contributed by atoms with van der Waals surface area (Å²) >= 11 is 0. The van der Waals surface area contributed by atoms with Crippen molar-refractivity contribution in [2.24, 2.45) is 0 Å². The second kappa shape index (κ2) is 6.54. The summed E-state index contributed by atoms with van der Waals surface area (Å²) in [4.78, 5) is 29.0. The van der Waals surface area contributed by atoms with Crippen LogP contribution in [0.1, 0.15) is 35.7 Å². The summed E-state index contributed by atoms with van der Waals surface area (Å²) in [6.45, 7) is 6.02. The minimum atomic E-state index is -0.318. The molecule has 0 amide bonds. The predicted octanol–water partition coefficient (Wildman–Crippen LogP) is 1.99. The number of hydrogen-bond acceptors (Lipinski definition) is 3. The summed E-state index contributed by atoms with van der Waals surface area (Å²) in [7, 11) is 0. The van der Waals surface area contributed by atoms with Crippen LogP contribution in [-0.4, -0.2) is 27.5 Å². The Morgan fingerprint density at radius 2 is 1.96 bits per heavy atom. The minimum absolute atomic E-state index is 0.224. The average Bonchev–Trinajstić information content (AvgIpc) is 2.95. The molecule has 122 valence electrons. The van der Waals surface area contributed by atoms with E-state index in [-0.39, 0.29) is 11.2 Å². The van der Waals surface area contributed by atoms with E-state index in [9.17, 15) is 9.59 Å². The van der Waals surface area contributed by atoms with Crippen LogP contribution < -0.4 is 11.2 Å². The third kappa shape index (κ3) is 3.29. The van der Waals surface area contributed by atoms with Gasteiger partial charge in [0, 0.05) is 30.9 Å². The van der Waals surface area contributed by atoms with Crippen LogP contribution in [0.4, 0.5) is 0 Å². The summed E-state index contributed by atoms with van der Waals surface area (Å²) in [5.41, 5.74) is 2.72. The highest BCUT2D eigenvalue weighted by molar-refractivity contribution is 5.29. The highest BCUT2D eigenvalue weighted by Gasteiger charge is 2.26. The first kappa shape index (κ1) is 15.7. The Balaban J connectivity index is 1.77. The summed E-state index contributed by atoms with van der Waals surface area (Å²) in [6.07, 6.45) is 2.28. The second-order valence-corrected chi connectivity index (χ2v) is 6.30. The number of benzene rings is 1. The van der Waals surface area contributed by atoms with Crippen molar-refractivity contribution in [3.8, 4) is 0 Å². The van der Waals surface area contributed by atoms with Crippen LogP contribution >= 0.6 is 0 Å². The van der Waals surface area contributed by atoms with Gasteiger partial charge in [-0.1, -0.05) is 24.3 Å². The fourth-order valence-corrected chi connectivity index (χ4v) is 3.48. The van der Waals surface area contributed by atoms with Gasteiger partial charge in [-0.15, -0.1) is 0 Å². The Kier molecular flexibility index (Phi) is 4.48. The third-order valence-corrected chi connectivity index (χ3v) is 4.68. The Hall–Kier alpha value is -2.14. The molecule has 1 fully saturated rings. The van der Waals surface area contributed by atoms with Gasteiger partial charge in [-0.2, -0.15) is 0 Å². The van der Waals surface area contributed by atoms with Crippen molar-refractivity contribution in [2.75, 3.05) is 13.1 Å². The van der Waals surface area contributed by atoms with E-state index in [1.165, 1.54) is 21.8 Å². The molecule has 23 heavy (non-hydrogen) atoms. The van der Waals surface area contributed by atoms with Gasteiger partial charge in [0.2, 0.25) is 0 Å². The van der Waals surface area contributed by atoms with Gasteiger partial charge in [0.1, 0.15) is 0 Å². The zero-order valence-electron chi connectivity index (χ0n) is 13.7. The van der Waals surface area contributed by atoms with Gasteiger partial charge in [0.25, 0.3) is 5.56 Å². The highest BCUT2D eigenvalue weighted by atomic mass is 16.2. The van der Waals surface area contributed by atoms with Gasteiger partial charge < -0.3 is 4.98 Å². The maximum absolute atomic E-state index is 12.0. The molecule has 0 saturated carbocycles. The number of nitrogens with one attached hydrogen (secondary N) is 1. The summed E-state index contributed by atoms with van der Waals surface area (Å²) in [5.74, 6) is 0. The molecule has 2 aromatic rings. The first-order valence-electron chi connectivity index (χ1n) is 8.16. The molecule has 5 heteroatoms. The molecule has 1 aliphatic rings. The van der Waals surface area contributed by atoms with E-state index in [1.807, 2.05) is 0 Å². The highest BCUT2D eigenvalue weighted by Crippen LogP contribution is 2.33. The number of rotatable bonds is 4. The van der Waals surface area contributed by atoms with Gasteiger partial charge in [-0.3, -0.25) is 14.3 Å². The van der Waals surface area contributed by atoms with Gasteiger partial charge >= 0.3 is 5.69 Å². The summed E-state index contributed by atoms with van der Waals surface area (Å²) in [6, 6.07) is 10.3. The van der Waals surface area contributed by atoms with E-state index in [0.29, 0.717) is 24.8 Å². The van der Waals surface area contributed by atoms with E-state index < -0.39 is 0 Å². The Labute approximate surface area is 135 Å². The predicted molar refractivity (Wildman–Crippen MR) is 90.8 cm³/mol. The van der Waals surface area contributed by atoms with E-state index >= 15 is 0 Å². The number of aromatic amines is 1. The second-order valence-electron chi connectivity index (χ2n) is 6.30. The summed E-state index contributed by atoms with van der Waals surface area (Å²) in [5, 5.41) is 0. The van der Waals surface area contributed by atoms with Crippen molar-refractivity contribution < 1.29 is 0 Å². The molecule has 1 atom stereocenters. The molecular weight excluding hydrogens is 290 g/mol. The Morgan fingerprint density at radius 3 is 2.70 bits per heavy atom. The molecule has 1 aliphatic heterocycles. The third-order valence-electron chi connectivity index (χ3n) is 4.68. The first-order chi connectivity index (χ1) is 11.1. The van der Waals surface area contributed by atoms with E-state index in [2.05, 4.69) is 41.1 Å². The fraction of sp³-hybridized carbons (Fsp3) is 0.444. The number of aromatic nitrogens is 2. The lowest BCUT2D eigenvalue weighted by Gasteiger charge is -2.26. The van der Waals surface area contributed by atoms with Crippen LogP contribution in [0.15, 0.2) is 39.9 Å². The standard InChI is InChI=1S/C18H23N3O2/c1-13-6-3-4-7-15(13)16-8-5-9-20(16)10-11-21-17(22)12-14(2)19-18(21)23/h3-4,6-7,12,16H,5,8-11H2,1-2H3,(H,19,23)/t16-/m1/s1. The largest absolute Gasteiger partial charge is 0.328 e. The monoisotopic (exact) mass is 313 g/mol. The molecule has 0 aliphatic carbocycles. The van der Waals surface area contributed by atoms with Gasteiger partial charge in [-0.25, -0.2) is 4.79 Å². The average molecular weight is 313 g/mol. The number of likely N-dealkylation sites (tertiary alicyclic amines) is 1. The number of hydrogen-bond donors (Lipinski definition) is 1. The maximum Gasteiger partial charge on any atom is 0.328 e. The Morgan fingerprint density at radius 1 is 1.17 bits per heavy atom. The zero-order chi connectivity index (χ0) is 16.4. The lowest BCUT2D eigenvalue weighted by atomic mass is 9.99. The van der Waals surface area contributed by atoms with Crippen molar-refractivity contribution in [1.29, 1.82) is 0 Å². The molecule has 1 aromatic carbocycles. The van der Waals surface area contributed by atoms with E-state index in [0.717, 1.165) is 19.4 Å². The lowest BCUT2D eigenvalue weighted by Crippen LogP contribution is -2.39. The van der Waals surface area contributed by atoms with Crippen molar-refractivity contribution in [3.63, 3.8) is 0 Å².